The van der Waals surface area contributed by atoms with E-state index in [0.717, 1.165) is 6.42 Å². The van der Waals surface area contributed by atoms with Gasteiger partial charge in [0.25, 0.3) is 0 Å². The van der Waals surface area contributed by atoms with E-state index in [2.05, 4.69) is 0 Å². The van der Waals surface area contributed by atoms with E-state index in [9.17, 15) is 19.5 Å². The number of ketones is 2. The van der Waals surface area contributed by atoms with Gasteiger partial charge in [-0.1, -0.05) is 74.0 Å². The Balaban J connectivity index is 1.55. The lowest BCUT2D eigenvalue weighted by molar-refractivity contribution is -0.187. The summed E-state index contributed by atoms with van der Waals surface area (Å²) in [6, 6.07) is 30.4. The van der Waals surface area contributed by atoms with Crippen molar-refractivity contribution in [1.82, 2.24) is 0 Å². The maximum absolute atomic E-state index is 12.7. The molecule has 4 rings (SSSR count). The number of benzene rings is 4. The molecule has 0 aliphatic heterocycles. The first kappa shape index (κ1) is 26.4. The van der Waals surface area contributed by atoms with Gasteiger partial charge in [-0.05, 0) is 55.0 Å². The van der Waals surface area contributed by atoms with Crippen LogP contribution >= 0.6 is 0 Å². The molecular weight excluding hydrogens is 480 g/mol. The van der Waals surface area contributed by atoms with Crippen LogP contribution in [0.2, 0.25) is 0 Å². The summed E-state index contributed by atoms with van der Waals surface area (Å²) >= 11 is 0. The number of unbranched alkanes of at least 4 members (excludes halogenated alkanes) is 1. The first-order chi connectivity index (χ1) is 18.4. The highest BCUT2D eigenvalue weighted by atomic mass is 16.7. The molecule has 0 heterocycles. The van der Waals surface area contributed by atoms with E-state index in [0.29, 0.717) is 28.7 Å². The topological polar surface area (TPSA) is 89.9 Å². The third-order valence-corrected chi connectivity index (χ3v) is 6.06. The van der Waals surface area contributed by atoms with Gasteiger partial charge in [-0.3, -0.25) is 9.59 Å². The van der Waals surface area contributed by atoms with Crippen LogP contribution in [0.5, 0.6) is 11.5 Å². The van der Waals surface area contributed by atoms with Crippen LogP contribution in [-0.2, 0) is 4.79 Å². The minimum absolute atomic E-state index is 0.0915. The van der Waals surface area contributed by atoms with Crippen LogP contribution in [0.15, 0.2) is 109 Å². The number of carboxylic acids is 1. The maximum atomic E-state index is 12.7. The molecule has 0 amide bonds. The SMILES string of the molecule is CCCCC(Oc1ccc(C(=O)c2ccccc2)cc1)(Oc1ccc(C(=O)c2ccccc2)cc1)C(=O)O. The van der Waals surface area contributed by atoms with Gasteiger partial charge in [-0.2, -0.15) is 0 Å². The molecule has 0 bridgehead atoms. The fourth-order valence-corrected chi connectivity index (χ4v) is 3.97. The summed E-state index contributed by atoms with van der Waals surface area (Å²) in [6.45, 7) is 1.95. The first-order valence-corrected chi connectivity index (χ1v) is 12.4. The number of hydrogen-bond acceptors (Lipinski definition) is 5. The lowest BCUT2D eigenvalue weighted by Crippen LogP contribution is -2.50. The molecule has 0 aromatic heterocycles. The number of rotatable bonds is 12. The second kappa shape index (κ2) is 12.0. The number of aliphatic carboxylic acids is 1. The molecule has 0 spiro atoms. The van der Waals surface area contributed by atoms with Crippen LogP contribution in [0.1, 0.15) is 58.0 Å². The van der Waals surface area contributed by atoms with Crippen LogP contribution in [-0.4, -0.2) is 28.4 Å². The van der Waals surface area contributed by atoms with Crippen molar-refractivity contribution in [3.8, 4) is 11.5 Å². The predicted molar refractivity (Wildman–Crippen MR) is 144 cm³/mol. The minimum atomic E-state index is -1.99. The standard InChI is InChI=1S/C32H28O6/c1-2-3-22-32(31(35)36,37-27-18-14-25(15-19-27)29(33)23-10-6-4-7-11-23)38-28-20-16-26(17-21-28)30(34)24-12-8-5-9-13-24/h4-21H,2-3,22H2,1H3,(H,35,36). The molecule has 1 N–H and O–H groups in total. The zero-order chi connectivity index (χ0) is 27.0. The number of carbonyl (C=O) groups is 3. The number of hydrogen-bond donors (Lipinski definition) is 1. The first-order valence-electron chi connectivity index (χ1n) is 12.4. The largest absolute Gasteiger partial charge is 0.475 e. The van der Waals surface area contributed by atoms with Crippen LogP contribution < -0.4 is 9.47 Å². The normalized spacial score (nSPS) is 11.0. The van der Waals surface area contributed by atoms with Crippen LogP contribution in [0.4, 0.5) is 0 Å². The zero-order valence-electron chi connectivity index (χ0n) is 21.0. The molecule has 0 fully saturated rings. The fourth-order valence-electron chi connectivity index (χ4n) is 3.97. The van der Waals surface area contributed by atoms with Gasteiger partial charge in [0.1, 0.15) is 11.5 Å². The molecule has 38 heavy (non-hydrogen) atoms. The third kappa shape index (κ3) is 6.16. The van der Waals surface area contributed by atoms with Gasteiger partial charge in [0.05, 0.1) is 0 Å². The second-order valence-electron chi connectivity index (χ2n) is 8.80. The third-order valence-electron chi connectivity index (χ3n) is 6.06. The van der Waals surface area contributed by atoms with Gasteiger partial charge in [-0.25, -0.2) is 4.79 Å². The number of carboxylic acid groups (broad SMARTS) is 1. The van der Waals surface area contributed by atoms with Gasteiger partial charge < -0.3 is 14.6 Å². The highest BCUT2D eigenvalue weighted by Crippen LogP contribution is 2.29. The predicted octanol–water partition coefficient (Wildman–Crippen LogP) is 6.58. The quantitative estimate of drug-likeness (QED) is 0.172. The molecule has 4 aromatic rings. The Bertz CT molecular complexity index is 1280. The maximum Gasteiger partial charge on any atom is 0.390 e. The average molecular weight is 509 g/mol. The molecule has 0 saturated carbocycles. The molecule has 0 unspecified atom stereocenters. The van der Waals surface area contributed by atoms with Crippen molar-refractivity contribution in [2.45, 2.75) is 32.0 Å². The Morgan fingerprint density at radius 3 is 1.32 bits per heavy atom. The molecule has 0 radical (unpaired) electrons. The van der Waals surface area contributed by atoms with Crippen molar-refractivity contribution in [1.29, 1.82) is 0 Å². The van der Waals surface area contributed by atoms with Crippen molar-refractivity contribution in [2.75, 3.05) is 0 Å². The smallest absolute Gasteiger partial charge is 0.390 e. The van der Waals surface area contributed by atoms with E-state index in [4.69, 9.17) is 9.47 Å². The molecule has 4 aromatic carbocycles. The van der Waals surface area contributed by atoms with Gasteiger partial charge >= 0.3 is 11.8 Å². The summed E-state index contributed by atoms with van der Waals surface area (Å²) in [6.07, 6.45) is 1.37. The Morgan fingerprint density at radius 2 is 0.974 bits per heavy atom. The van der Waals surface area contributed by atoms with E-state index in [1.54, 1.807) is 97.1 Å². The van der Waals surface area contributed by atoms with E-state index in [1.807, 2.05) is 19.1 Å². The monoisotopic (exact) mass is 508 g/mol. The molecular formula is C32H28O6. The van der Waals surface area contributed by atoms with E-state index >= 15 is 0 Å². The lowest BCUT2D eigenvalue weighted by atomic mass is 10.0. The molecule has 192 valence electrons. The molecule has 0 aliphatic carbocycles. The average Bonchev–Trinajstić information content (AvgIpc) is 2.97. The van der Waals surface area contributed by atoms with E-state index < -0.39 is 11.8 Å². The van der Waals surface area contributed by atoms with Gasteiger partial charge in [0, 0.05) is 28.7 Å². The molecule has 0 saturated heterocycles. The van der Waals surface area contributed by atoms with Crippen molar-refractivity contribution < 1.29 is 29.0 Å². The zero-order valence-corrected chi connectivity index (χ0v) is 21.0. The minimum Gasteiger partial charge on any atom is -0.475 e. The van der Waals surface area contributed by atoms with Crippen LogP contribution in [0.3, 0.4) is 0 Å². The second-order valence-corrected chi connectivity index (χ2v) is 8.80. The Morgan fingerprint density at radius 1 is 0.605 bits per heavy atom. The summed E-state index contributed by atoms with van der Waals surface area (Å²) < 4.78 is 11.9. The molecule has 6 heteroatoms. The van der Waals surface area contributed by atoms with Crippen molar-refractivity contribution >= 4 is 17.5 Å². The number of ether oxygens (including phenoxy) is 2. The van der Waals surface area contributed by atoms with Gasteiger partial charge in [0.15, 0.2) is 11.6 Å². The van der Waals surface area contributed by atoms with Crippen molar-refractivity contribution in [2.24, 2.45) is 0 Å². The van der Waals surface area contributed by atoms with Gasteiger partial charge in [0.2, 0.25) is 0 Å². The lowest BCUT2D eigenvalue weighted by Gasteiger charge is -2.31. The highest BCUT2D eigenvalue weighted by Gasteiger charge is 2.44. The summed E-state index contributed by atoms with van der Waals surface area (Å²) in [5.41, 5.74) is 2.03. The Kier molecular flexibility index (Phi) is 8.34. The van der Waals surface area contributed by atoms with Crippen LogP contribution in [0, 0.1) is 0 Å². The molecule has 0 atom stereocenters. The Labute approximate surface area is 221 Å². The van der Waals surface area contributed by atoms with Crippen molar-refractivity contribution in [3.63, 3.8) is 0 Å². The van der Waals surface area contributed by atoms with Gasteiger partial charge in [-0.15, -0.1) is 0 Å². The summed E-state index contributed by atoms with van der Waals surface area (Å²) in [5, 5.41) is 10.2. The Hall–Kier alpha value is -4.71. The molecule has 0 aliphatic rings. The fraction of sp³-hybridized carbons (Fsp3) is 0.156. The van der Waals surface area contributed by atoms with E-state index in [-0.39, 0.29) is 29.5 Å². The summed E-state index contributed by atoms with van der Waals surface area (Å²) in [4.78, 5) is 37.9. The number of carbonyl (C=O) groups excluding carboxylic acids is 2. The van der Waals surface area contributed by atoms with Crippen molar-refractivity contribution in [3.05, 3.63) is 131 Å². The summed E-state index contributed by atoms with van der Waals surface area (Å²) in [7, 11) is 0. The van der Waals surface area contributed by atoms with Crippen LogP contribution in [0.25, 0.3) is 0 Å². The van der Waals surface area contributed by atoms with E-state index in [1.165, 1.54) is 0 Å². The molecule has 6 nitrogen and oxygen atoms in total. The summed E-state index contributed by atoms with van der Waals surface area (Å²) in [5.74, 6) is -3.05. The highest BCUT2D eigenvalue weighted by molar-refractivity contribution is 6.09.